The van der Waals surface area contributed by atoms with Gasteiger partial charge in [0.2, 0.25) is 0 Å². The molecule has 0 aliphatic carbocycles. The molecule has 0 fully saturated rings. The quantitative estimate of drug-likeness (QED) is 0.685. The van der Waals surface area contributed by atoms with Gasteiger partial charge < -0.3 is 14.6 Å². The van der Waals surface area contributed by atoms with Gasteiger partial charge >= 0.3 is 5.76 Å². The van der Waals surface area contributed by atoms with E-state index in [2.05, 4.69) is 21.2 Å². The highest BCUT2D eigenvalue weighted by molar-refractivity contribution is 9.10. The number of oxazole rings is 1. The van der Waals surface area contributed by atoms with Gasteiger partial charge in [-0.25, -0.2) is 9.18 Å². The zero-order valence-corrected chi connectivity index (χ0v) is 15.8. The third kappa shape index (κ3) is 3.86. The van der Waals surface area contributed by atoms with E-state index >= 15 is 0 Å². The SMILES string of the molecule is CN(C)CCn1c(=O)oc2ccc(NC(=O)c3cc(F)ccc3Br)cc21. The first-order valence-corrected chi connectivity index (χ1v) is 8.69. The van der Waals surface area contributed by atoms with Crippen LogP contribution in [0.5, 0.6) is 0 Å². The minimum absolute atomic E-state index is 0.183. The highest BCUT2D eigenvalue weighted by Gasteiger charge is 2.14. The van der Waals surface area contributed by atoms with Gasteiger partial charge in [0, 0.05) is 23.2 Å². The van der Waals surface area contributed by atoms with E-state index in [9.17, 15) is 14.0 Å². The molecule has 0 saturated carbocycles. The second-order valence-electron chi connectivity index (χ2n) is 6.08. The molecule has 0 aliphatic rings. The third-order valence-electron chi connectivity index (χ3n) is 3.87. The smallest absolute Gasteiger partial charge is 0.408 e. The maximum absolute atomic E-state index is 13.4. The number of hydrogen-bond donors (Lipinski definition) is 1. The van der Waals surface area contributed by atoms with E-state index in [-0.39, 0.29) is 5.56 Å². The molecule has 2 aromatic carbocycles. The number of nitrogens with zero attached hydrogens (tertiary/aromatic N) is 2. The lowest BCUT2D eigenvalue weighted by Crippen LogP contribution is -2.23. The van der Waals surface area contributed by atoms with Crippen LogP contribution in [-0.4, -0.2) is 36.0 Å². The van der Waals surface area contributed by atoms with Crippen LogP contribution in [0.1, 0.15) is 10.4 Å². The monoisotopic (exact) mass is 421 g/mol. The first-order chi connectivity index (χ1) is 12.3. The second-order valence-corrected chi connectivity index (χ2v) is 6.94. The Balaban J connectivity index is 1.91. The molecular formula is C18H17BrFN3O3. The Hall–Kier alpha value is -2.45. The number of carbonyl (C=O) groups excluding carboxylic acids is 1. The predicted octanol–water partition coefficient (Wildman–Crippen LogP) is 3.31. The fourth-order valence-electron chi connectivity index (χ4n) is 2.52. The fourth-order valence-corrected chi connectivity index (χ4v) is 2.95. The molecule has 1 amide bonds. The number of benzene rings is 2. The highest BCUT2D eigenvalue weighted by Crippen LogP contribution is 2.22. The molecule has 136 valence electrons. The van der Waals surface area contributed by atoms with Crippen LogP contribution in [0, 0.1) is 5.82 Å². The third-order valence-corrected chi connectivity index (χ3v) is 4.56. The van der Waals surface area contributed by atoms with Crippen molar-refractivity contribution in [2.45, 2.75) is 6.54 Å². The average molecular weight is 422 g/mol. The van der Waals surface area contributed by atoms with Crippen LogP contribution in [0.2, 0.25) is 0 Å². The molecule has 0 radical (unpaired) electrons. The van der Waals surface area contributed by atoms with Crippen molar-refractivity contribution >= 4 is 38.6 Å². The van der Waals surface area contributed by atoms with Crippen molar-refractivity contribution < 1.29 is 13.6 Å². The summed E-state index contributed by atoms with van der Waals surface area (Å²) in [7, 11) is 3.83. The largest absolute Gasteiger partial charge is 0.419 e. The number of carbonyl (C=O) groups is 1. The summed E-state index contributed by atoms with van der Waals surface area (Å²) in [6.45, 7) is 1.13. The molecule has 1 aromatic heterocycles. The summed E-state index contributed by atoms with van der Waals surface area (Å²) < 4.78 is 20.6. The van der Waals surface area contributed by atoms with Crippen molar-refractivity contribution in [1.29, 1.82) is 0 Å². The van der Waals surface area contributed by atoms with Gasteiger partial charge in [0.15, 0.2) is 5.58 Å². The number of aromatic nitrogens is 1. The molecule has 26 heavy (non-hydrogen) atoms. The fraction of sp³-hybridized carbons (Fsp3) is 0.222. The molecular weight excluding hydrogens is 405 g/mol. The lowest BCUT2D eigenvalue weighted by Gasteiger charge is -2.10. The molecule has 3 rings (SSSR count). The standard InChI is InChI=1S/C18H17BrFN3O3/c1-22(2)7-8-23-15-10-12(4-6-16(15)26-18(23)25)21-17(24)13-9-11(20)3-5-14(13)19/h3-6,9-10H,7-8H2,1-2H3,(H,21,24). The minimum atomic E-state index is -0.499. The van der Waals surface area contributed by atoms with Crippen LogP contribution >= 0.6 is 15.9 Å². The Morgan fingerprint density at radius 3 is 2.77 bits per heavy atom. The Kier molecular flexibility index (Phi) is 5.24. The number of fused-ring (bicyclic) bond motifs is 1. The first kappa shape index (κ1) is 18.3. The molecule has 0 unspecified atom stereocenters. The summed E-state index contributed by atoms with van der Waals surface area (Å²) in [4.78, 5) is 26.4. The van der Waals surface area contributed by atoms with Crippen LogP contribution in [0.4, 0.5) is 10.1 Å². The molecule has 0 atom stereocenters. The number of rotatable bonds is 5. The molecule has 0 aliphatic heterocycles. The van der Waals surface area contributed by atoms with Crippen LogP contribution in [0.3, 0.4) is 0 Å². The number of amides is 1. The Morgan fingerprint density at radius 2 is 2.04 bits per heavy atom. The van der Waals surface area contributed by atoms with E-state index < -0.39 is 17.5 Å². The first-order valence-electron chi connectivity index (χ1n) is 7.89. The summed E-state index contributed by atoms with van der Waals surface area (Å²) in [6, 6.07) is 8.82. The molecule has 1 heterocycles. The normalized spacial score (nSPS) is 11.3. The van der Waals surface area contributed by atoms with Crippen molar-refractivity contribution in [1.82, 2.24) is 9.47 Å². The summed E-state index contributed by atoms with van der Waals surface area (Å²) in [5, 5.41) is 2.72. The van der Waals surface area contributed by atoms with Crippen molar-refractivity contribution in [3.8, 4) is 0 Å². The van der Waals surface area contributed by atoms with E-state index in [4.69, 9.17) is 4.42 Å². The summed E-state index contributed by atoms with van der Waals surface area (Å²) in [6.07, 6.45) is 0. The van der Waals surface area contributed by atoms with Gasteiger partial charge in [0.1, 0.15) is 5.82 Å². The predicted molar refractivity (Wildman–Crippen MR) is 101 cm³/mol. The van der Waals surface area contributed by atoms with E-state index in [1.807, 2.05) is 19.0 Å². The molecule has 3 aromatic rings. The van der Waals surface area contributed by atoms with Gasteiger partial charge in [-0.1, -0.05) is 0 Å². The summed E-state index contributed by atoms with van der Waals surface area (Å²) >= 11 is 3.24. The van der Waals surface area contributed by atoms with Crippen molar-refractivity contribution in [2.24, 2.45) is 0 Å². The number of nitrogens with one attached hydrogen (secondary N) is 1. The van der Waals surface area contributed by atoms with Crippen LogP contribution in [0.25, 0.3) is 11.1 Å². The number of anilines is 1. The Bertz CT molecular complexity index is 1030. The zero-order chi connectivity index (χ0) is 18.8. The van der Waals surface area contributed by atoms with Gasteiger partial charge in [0.25, 0.3) is 5.91 Å². The number of likely N-dealkylation sites (N-methyl/N-ethyl adjacent to an activating group) is 1. The molecule has 0 spiro atoms. The van der Waals surface area contributed by atoms with E-state index in [0.29, 0.717) is 34.3 Å². The van der Waals surface area contributed by atoms with Gasteiger partial charge in [0.05, 0.1) is 11.1 Å². The van der Waals surface area contributed by atoms with Gasteiger partial charge in [-0.3, -0.25) is 9.36 Å². The molecule has 0 bridgehead atoms. The van der Waals surface area contributed by atoms with Crippen LogP contribution in [0.15, 0.2) is 50.1 Å². The highest BCUT2D eigenvalue weighted by atomic mass is 79.9. The Morgan fingerprint density at radius 1 is 1.27 bits per heavy atom. The number of hydrogen-bond acceptors (Lipinski definition) is 4. The maximum atomic E-state index is 13.4. The van der Waals surface area contributed by atoms with Crippen LogP contribution in [-0.2, 0) is 6.54 Å². The van der Waals surface area contributed by atoms with Gasteiger partial charge in [-0.2, -0.15) is 0 Å². The van der Waals surface area contributed by atoms with Crippen molar-refractivity contribution in [2.75, 3.05) is 26.0 Å². The average Bonchev–Trinajstić information content (AvgIpc) is 2.89. The van der Waals surface area contributed by atoms with E-state index in [0.717, 1.165) is 6.07 Å². The zero-order valence-electron chi connectivity index (χ0n) is 14.3. The topological polar surface area (TPSA) is 67.5 Å². The van der Waals surface area contributed by atoms with Gasteiger partial charge in [-0.15, -0.1) is 0 Å². The van der Waals surface area contributed by atoms with Crippen molar-refractivity contribution in [3.05, 3.63) is 62.8 Å². The molecule has 1 N–H and O–H groups in total. The maximum Gasteiger partial charge on any atom is 0.419 e. The van der Waals surface area contributed by atoms with Crippen LogP contribution < -0.4 is 11.1 Å². The Labute approximate surface area is 157 Å². The lowest BCUT2D eigenvalue weighted by atomic mass is 10.2. The molecule has 6 nitrogen and oxygen atoms in total. The van der Waals surface area contributed by atoms with E-state index in [1.165, 1.54) is 16.7 Å². The minimum Gasteiger partial charge on any atom is -0.408 e. The van der Waals surface area contributed by atoms with E-state index in [1.54, 1.807) is 18.2 Å². The van der Waals surface area contributed by atoms with Crippen molar-refractivity contribution in [3.63, 3.8) is 0 Å². The van der Waals surface area contributed by atoms with Gasteiger partial charge in [-0.05, 0) is 66.4 Å². The molecule has 0 saturated heterocycles. The number of halogens is 2. The summed E-state index contributed by atoms with van der Waals surface area (Å²) in [5.41, 5.74) is 1.70. The lowest BCUT2D eigenvalue weighted by molar-refractivity contribution is 0.102. The molecule has 8 heteroatoms. The summed E-state index contributed by atoms with van der Waals surface area (Å²) in [5.74, 6) is -1.40. The second kappa shape index (κ2) is 7.43.